The first kappa shape index (κ1) is 12.5. The first-order valence-corrected chi connectivity index (χ1v) is 4.52. The van der Waals surface area contributed by atoms with Crippen molar-refractivity contribution < 1.29 is 4.74 Å². The average Bonchev–Trinajstić information content (AvgIpc) is 2.24. The maximum absolute atomic E-state index is 5.59. The molecular weight excluding hydrogens is 172 g/mol. The molecule has 1 nitrogen and oxygen atoms in total. The summed E-state index contributed by atoms with van der Waals surface area (Å²) >= 11 is 0. The fourth-order valence-corrected chi connectivity index (χ4v) is 1.04. The summed E-state index contributed by atoms with van der Waals surface area (Å²) in [4.78, 5) is 0. The molecule has 0 aliphatic rings. The standard InChI is InChI=1S/C13H18O/c1-6-10-11-13(8-3,9-4)14-12(5)7-2/h6-9H,1-5,10-11H2. The summed E-state index contributed by atoms with van der Waals surface area (Å²) in [7, 11) is 0. The third-order valence-corrected chi connectivity index (χ3v) is 1.98. The Bertz CT molecular complexity index is 240. The first-order chi connectivity index (χ1) is 6.64. The van der Waals surface area contributed by atoms with Gasteiger partial charge in [0.25, 0.3) is 0 Å². The second-order valence-corrected chi connectivity index (χ2v) is 2.96. The van der Waals surface area contributed by atoms with Crippen LogP contribution in [0.25, 0.3) is 0 Å². The Hall–Kier alpha value is -1.50. The number of allylic oxidation sites excluding steroid dienone is 2. The lowest BCUT2D eigenvalue weighted by molar-refractivity contribution is 0.0902. The van der Waals surface area contributed by atoms with Gasteiger partial charge in [-0.15, -0.1) is 6.58 Å². The summed E-state index contributed by atoms with van der Waals surface area (Å²) in [5.74, 6) is 0.522. The predicted molar refractivity (Wildman–Crippen MR) is 63.0 cm³/mol. The van der Waals surface area contributed by atoms with Gasteiger partial charge in [0.05, 0.1) is 0 Å². The highest BCUT2D eigenvalue weighted by Gasteiger charge is 2.23. The van der Waals surface area contributed by atoms with Gasteiger partial charge in [0, 0.05) is 0 Å². The molecule has 1 heteroatoms. The molecule has 0 saturated heterocycles. The van der Waals surface area contributed by atoms with E-state index in [-0.39, 0.29) is 0 Å². The van der Waals surface area contributed by atoms with Gasteiger partial charge in [-0.05, 0) is 31.1 Å². The van der Waals surface area contributed by atoms with Crippen molar-refractivity contribution in [2.24, 2.45) is 0 Å². The third-order valence-electron chi connectivity index (χ3n) is 1.98. The van der Waals surface area contributed by atoms with Crippen molar-refractivity contribution >= 4 is 0 Å². The van der Waals surface area contributed by atoms with Gasteiger partial charge in [-0.2, -0.15) is 0 Å². The van der Waals surface area contributed by atoms with Gasteiger partial charge in [0.15, 0.2) is 0 Å². The van der Waals surface area contributed by atoms with E-state index in [0.29, 0.717) is 5.76 Å². The molecule has 0 bridgehead atoms. The number of rotatable bonds is 8. The van der Waals surface area contributed by atoms with E-state index in [4.69, 9.17) is 4.74 Å². The fraction of sp³-hybridized carbons (Fsp3) is 0.231. The summed E-state index contributed by atoms with van der Waals surface area (Å²) in [6.07, 6.45) is 8.44. The van der Waals surface area contributed by atoms with E-state index in [9.17, 15) is 0 Å². The maximum Gasteiger partial charge on any atom is 0.145 e. The van der Waals surface area contributed by atoms with Crippen molar-refractivity contribution in [3.8, 4) is 0 Å². The smallest absolute Gasteiger partial charge is 0.145 e. The first-order valence-electron chi connectivity index (χ1n) is 4.52. The zero-order chi connectivity index (χ0) is 11.0. The average molecular weight is 190 g/mol. The Morgan fingerprint density at radius 2 is 1.71 bits per heavy atom. The van der Waals surface area contributed by atoms with E-state index in [1.807, 2.05) is 6.08 Å². The highest BCUT2D eigenvalue weighted by atomic mass is 16.5. The van der Waals surface area contributed by atoms with E-state index >= 15 is 0 Å². The molecule has 0 amide bonds. The van der Waals surface area contributed by atoms with Gasteiger partial charge in [-0.25, -0.2) is 0 Å². The Morgan fingerprint density at radius 3 is 2.07 bits per heavy atom. The van der Waals surface area contributed by atoms with Crippen LogP contribution in [0.15, 0.2) is 63.0 Å². The number of ether oxygens (including phenoxy) is 1. The SMILES string of the molecule is C=CCCC(C=C)(C=C)OC(=C)C=C. The van der Waals surface area contributed by atoms with Crippen LogP contribution in [0, 0.1) is 0 Å². The molecule has 0 saturated carbocycles. The summed E-state index contributed by atoms with van der Waals surface area (Å²) < 4.78 is 5.59. The molecule has 0 aromatic carbocycles. The van der Waals surface area contributed by atoms with Gasteiger partial charge in [-0.1, -0.05) is 32.4 Å². The van der Waals surface area contributed by atoms with Crippen molar-refractivity contribution in [2.45, 2.75) is 18.4 Å². The largest absolute Gasteiger partial charge is 0.480 e. The summed E-state index contributed by atoms with van der Waals surface area (Å²) in [6.45, 7) is 18.4. The minimum absolute atomic E-state index is 0.522. The highest BCUT2D eigenvalue weighted by Crippen LogP contribution is 2.24. The van der Waals surface area contributed by atoms with Crippen LogP contribution in [0.1, 0.15) is 12.8 Å². The molecule has 0 spiro atoms. The molecule has 0 aromatic rings. The Balaban J connectivity index is 4.58. The Kier molecular flexibility index (Phi) is 5.38. The third kappa shape index (κ3) is 3.48. The van der Waals surface area contributed by atoms with Gasteiger partial charge in [0.1, 0.15) is 11.4 Å². The lowest BCUT2D eigenvalue weighted by Crippen LogP contribution is -2.26. The molecule has 0 radical (unpaired) electrons. The molecule has 76 valence electrons. The van der Waals surface area contributed by atoms with Crippen molar-refractivity contribution in [2.75, 3.05) is 0 Å². The molecule has 0 aliphatic heterocycles. The van der Waals surface area contributed by atoms with Gasteiger partial charge in [0.2, 0.25) is 0 Å². The maximum atomic E-state index is 5.59. The van der Waals surface area contributed by atoms with Crippen LogP contribution in [0.4, 0.5) is 0 Å². The van der Waals surface area contributed by atoms with Crippen LogP contribution in [0.5, 0.6) is 0 Å². The lowest BCUT2D eigenvalue weighted by atomic mass is 9.97. The molecule has 0 fully saturated rings. The van der Waals surface area contributed by atoms with E-state index in [2.05, 4.69) is 32.9 Å². The predicted octanol–water partition coefficient (Wildman–Crippen LogP) is 3.78. The zero-order valence-electron chi connectivity index (χ0n) is 8.67. The molecule has 14 heavy (non-hydrogen) atoms. The molecule has 0 unspecified atom stereocenters. The number of hydrogen-bond acceptors (Lipinski definition) is 1. The van der Waals surface area contributed by atoms with Crippen LogP contribution in [0.3, 0.4) is 0 Å². The Morgan fingerprint density at radius 1 is 1.14 bits per heavy atom. The van der Waals surface area contributed by atoms with E-state index in [1.54, 1.807) is 18.2 Å². The van der Waals surface area contributed by atoms with Gasteiger partial charge < -0.3 is 4.74 Å². The molecule has 0 heterocycles. The van der Waals surface area contributed by atoms with Gasteiger partial charge in [-0.3, -0.25) is 0 Å². The van der Waals surface area contributed by atoms with Crippen molar-refractivity contribution in [3.05, 3.63) is 63.0 Å². The van der Waals surface area contributed by atoms with Crippen LogP contribution in [-0.4, -0.2) is 5.60 Å². The molecule has 0 atom stereocenters. The molecule has 0 aliphatic carbocycles. The minimum Gasteiger partial charge on any atom is -0.480 e. The minimum atomic E-state index is -0.556. The van der Waals surface area contributed by atoms with E-state index in [0.717, 1.165) is 12.8 Å². The fourth-order valence-electron chi connectivity index (χ4n) is 1.04. The van der Waals surface area contributed by atoms with Gasteiger partial charge >= 0.3 is 0 Å². The van der Waals surface area contributed by atoms with Crippen molar-refractivity contribution in [1.29, 1.82) is 0 Å². The summed E-state index contributed by atoms with van der Waals surface area (Å²) in [6, 6.07) is 0. The van der Waals surface area contributed by atoms with Crippen molar-refractivity contribution in [1.82, 2.24) is 0 Å². The summed E-state index contributed by atoms with van der Waals surface area (Å²) in [5.41, 5.74) is -0.556. The van der Waals surface area contributed by atoms with Crippen molar-refractivity contribution in [3.63, 3.8) is 0 Å². The van der Waals surface area contributed by atoms with Crippen LogP contribution >= 0.6 is 0 Å². The molecular formula is C13H18O. The van der Waals surface area contributed by atoms with Crippen LogP contribution in [0.2, 0.25) is 0 Å². The van der Waals surface area contributed by atoms with Crippen LogP contribution in [-0.2, 0) is 4.74 Å². The molecule has 0 aromatic heterocycles. The normalized spacial score (nSPS) is 10.0. The molecule has 0 N–H and O–H groups in total. The molecule has 0 rings (SSSR count). The van der Waals surface area contributed by atoms with E-state index in [1.165, 1.54) is 0 Å². The zero-order valence-corrected chi connectivity index (χ0v) is 8.67. The second kappa shape index (κ2) is 6.03. The monoisotopic (exact) mass is 190 g/mol. The van der Waals surface area contributed by atoms with Crippen LogP contribution < -0.4 is 0 Å². The van der Waals surface area contributed by atoms with E-state index < -0.39 is 5.60 Å². The topological polar surface area (TPSA) is 9.23 Å². The summed E-state index contributed by atoms with van der Waals surface area (Å²) in [5, 5.41) is 0. The quantitative estimate of drug-likeness (QED) is 0.321. The highest BCUT2D eigenvalue weighted by molar-refractivity contribution is 5.15. The Labute approximate surface area is 86.8 Å². The lowest BCUT2D eigenvalue weighted by Gasteiger charge is -2.28. The number of hydrogen-bond donors (Lipinski definition) is 0. The second-order valence-electron chi connectivity index (χ2n) is 2.96.